The Morgan fingerprint density at radius 2 is 1.51 bits per heavy atom. The van der Waals surface area contributed by atoms with E-state index in [1.807, 2.05) is 6.08 Å². The number of carboxylic acids is 1. The first-order valence-corrected chi connectivity index (χ1v) is 13.0. The van der Waals surface area contributed by atoms with Crippen LogP contribution in [0.3, 0.4) is 0 Å². The normalized spacial score (nSPS) is 11.6. The van der Waals surface area contributed by atoms with Crippen LogP contribution >= 0.6 is 22.6 Å². The molecule has 0 unspecified atom stereocenters. The fraction of sp³-hybridized carbons (Fsp3) is 0.407. The molecule has 0 aromatic heterocycles. The Bertz CT molecular complexity index is 948. The lowest BCUT2D eigenvalue weighted by Gasteiger charge is -2.07. The molecule has 0 heterocycles. The molecule has 8 heteroatoms. The first-order valence-electron chi connectivity index (χ1n) is 11.9. The van der Waals surface area contributed by atoms with Crippen molar-refractivity contribution in [3.63, 3.8) is 0 Å². The quantitative estimate of drug-likeness (QED) is 0.0350. The summed E-state index contributed by atoms with van der Waals surface area (Å²) in [5.74, 6) is -1.20. The second-order valence-electron chi connectivity index (χ2n) is 7.71. The van der Waals surface area contributed by atoms with Crippen LogP contribution in [0, 0.1) is 3.57 Å². The Hall–Kier alpha value is -2.84. The average Bonchev–Trinajstić information content (AvgIpc) is 2.83. The van der Waals surface area contributed by atoms with Gasteiger partial charge in [-0.05, 0) is 98.0 Å². The Morgan fingerprint density at radius 3 is 2.11 bits per heavy atom. The Kier molecular flexibility index (Phi) is 17.7. The topological polar surface area (TPSA) is 112 Å². The number of halogens is 1. The molecule has 0 atom stereocenters. The third-order valence-electron chi connectivity index (χ3n) is 4.82. The summed E-state index contributed by atoms with van der Waals surface area (Å²) in [6.07, 6.45) is 25.2. The molecule has 0 aliphatic rings. The molecule has 0 saturated heterocycles. The summed E-state index contributed by atoms with van der Waals surface area (Å²) in [5, 5.41) is 12.1. The number of carbonyl (C=O) groups excluding carboxylic acids is 1. The van der Waals surface area contributed by atoms with Gasteiger partial charge < -0.3 is 9.84 Å². The molecular weight excluding hydrogens is 557 g/mol. The average molecular weight is 591 g/mol. The van der Waals surface area contributed by atoms with E-state index in [0.29, 0.717) is 18.6 Å². The number of carboxylic acid groups (broad SMARTS) is 1. The third kappa shape index (κ3) is 16.4. The largest absolute Gasteiger partial charge is 0.481 e. The smallest absolute Gasteiger partial charge is 0.338 e. The maximum absolute atomic E-state index is 12.2. The van der Waals surface area contributed by atoms with Crippen molar-refractivity contribution in [2.45, 2.75) is 64.2 Å². The summed E-state index contributed by atoms with van der Waals surface area (Å²) < 4.78 is 6.20. The van der Waals surface area contributed by atoms with Gasteiger partial charge in [-0.1, -0.05) is 59.8 Å². The van der Waals surface area contributed by atoms with Gasteiger partial charge in [0.1, 0.15) is 0 Å². The van der Waals surface area contributed by atoms with E-state index in [9.17, 15) is 9.59 Å². The number of aliphatic carboxylic acids is 1. The number of esters is 1. The van der Waals surface area contributed by atoms with Gasteiger partial charge in [0.25, 0.3) is 0 Å². The van der Waals surface area contributed by atoms with Crippen LogP contribution in [-0.2, 0) is 9.53 Å². The van der Waals surface area contributed by atoms with Gasteiger partial charge in [0.2, 0.25) is 0 Å². The molecule has 0 aliphatic heterocycles. The minimum Gasteiger partial charge on any atom is -0.481 e. The molecule has 188 valence electrons. The summed E-state index contributed by atoms with van der Waals surface area (Å²) in [6, 6.07) is 5.06. The number of ether oxygens (including phenoxy) is 1. The molecular formula is C27H34IN3O4. The van der Waals surface area contributed by atoms with Crippen LogP contribution in [0.5, 0.6) is 0 Å². The van der Waals surface area contributed by atoms with Crippen LogP contribution in [0.15, 0.2) is 71.9 Å². The molecule has 7 nitrogen and oxygen atoms in total. The van der Waals surface area contributed by atoms with Gasteiger partial charge in [-0.2, -0.15) is 0 Å². The van der Waals surface area contributed by atoms with E-state index < -0.39 is 11.9 Å². The minimum absolute atomic E-state index is 0.230. The van der Waals surface area contributed by atoms with Crippen molar-refractivity contribution >= 4 is 40.2 Å². The summed E-state index contributed by atoms with van der Waals surface area (Å²) in [7, 11) is 0. The van der Waals surface area contributed by atoms with Crippen LogP contribution in [0.1, 0.15) is 74.6 Å². The van der Waals surface area contributed by atoms with Crippen molar-refractivity contribution in [3.05, 3.63) is 86.4 Å². The predicted octanol–water partition coefficient (Wildman–Crippen LogP) is 8.60. The lowest BCUT2D eigenvalue weighted by atomic mass is 10.1. The van der Waals surface area contributed by atoms with Crippen molar-refractivity contribution in [2.75, 3.05) is 6.61 Å². The van der Waals surface area contributed by atoms with Crippen molar-refractivity contribution < 1.29 is 19.4 Å². The molecule has 1 N–H and O–H groups in total. The summed E-state index contributed by atoms with van der Waals surface area (Å²) in [5.41, 5.74) is 9.21. The highest BCUT2D eigenvalue weighted by atomic mass is 127. The fourth-order valence-electron chi connectivity index (χ4n) is 3.01. The van der Waals surface area contributed by atoms with Gasteiger partial charge in [-0.15, -0.1) is 0 Å². The number of nitrogens with zero attached hydrogens (tertiary/aromatic N) is 3. The van der Waals surface area contributed by atoms with Crippen molar-refractivity contribution in [3.8, 4) is 0 Å². The summed E-state index contributed by atoms with van der Waals surface area (Å²) >= 11 is 2.10. The zero-order valence-electron chi connectivity index (χ0n) is 20.0. The van der Waals surface area contributed by atoms with Crippen LogP contribution < -0.4 is 0 Å². The lowest BCUT2D eigenvalue weighted by molar-refractivity contribution is -0.137. The van der Waals surface area contributed by atoms with E-state index in [-0.39, 0.29) is 12.1 Å². The van der Waals surface area contributed by atoms with Gasteiger partial charge in [0.05, 0.1) is 17.9 Å². The van der Waals surface area contributed by atoms with Crippen molar-refractivity contribution in [1.29, 1.82) is 0 Å². The fourth-order valence-corrected chi connectivity index (χ4v) is 3.50. The monoisotopic (exact) mass is 591 g/mol. The second-order valence-corrected chi connectivity index (χ2v) is 8.96. The Labute approximate surface area is 221 Å². The standard InChI is InChI=1S/C27H34IN3O4/c28-23-19-20-25(30-31-29)24(22-23)27(34)35-21-17-15-13-11-9-7-5-3-1-2-4-6-8-10-12-14-16-18-26(32)33/h1,3-4,6-7,9-10,12,19-20,22H,2,5,8,11,13-18,21H2,(H,32,33)/b3-1+,6-4+,9-7+,12-10+. The van der Waals surface area contributed by atoms with E-state index in [0.717, 1.165) is 54.9 Å². The van der Waals surface area contributed by atoms with Crippen molar-refractivity contribution in [1.82, 2.24) is 0 Å². The van der Waals surface area contributed by atoms with Crippen LogP contribution in [0.25, 0.3) is 10.4 Å². The number of unbranched alkanes of at least 4 members (excludes halogenated alkanes) is 4. The molecule has 0 radical (unpaired) electrons. The highest BCUT2D eigenvalue weighted by Crippen LogP contribution is 2.23. The van der Waals surface area contributed by atoms with Gasteiger partial charge in [0, 0.05) is 14.9 Å². The third-order valence-corrected chi connectivity index (χ3v) is 5.49. The highest BCUT2D eigenvalue weighted by molar-refractivity contribution is 14.1. The van der Waals surface area contributed by atoms with Crippen molar-refractivity contribution in [2.24, 2.45) is 5.11 Å². The number of hydrogen-bond acceptors (Lipinski definition) is 4. The van der Waals surface area contributed by atoms with Gasteiger partial charge in [0.15, 0.2) is 0 Å². The van der Waals surface area contributed by atoms with Gasteiger partial charge >= 0.3 is 11.9 Å². The highest BCUT2D eigenvalue weighted by Gasteiger charge is 2.12. The molecule has 0 amide bonds. The van der Waals surface area contributed by atoms with E-state index in [1.54, 1.807) is 18.2 Å². The minimum atomic E-state index is -0.737. The van der Waals surface area contributed by atoms with Crippen LogP contribution in [-0.4, -0.2) is 23.7 Å². The maximum atomic E-state index is 12.2. The van der Waals surface area contributed by atoms with Crippen LogP contribution in [0.4, 0.5) is 5.69 Å². The number of hydrogen-bond donors (Lipinski definition) is 1. The molecule has 0 spiro atoms. The number of rotatable bonds is 18. The molecule has 0 fully saturated rings. The Morgan fingerprint density at radius 1 is 0.914 bits per heavy atom. The number of benzene rings is 1. The van der Waals surface area contributed by atoms with E-state index >= 15 is 0 Å². The number of azide groups is 1. The number of allylic oxidation sites excluding steroid dienone is 8. The molecule has 1 aromatic rings. The van der Waals surface area contributed by atoms with E-state index in [4.69, 9.17) is 15.4 Å². The lowest BCUT2D eigenvalue weighted by Crippen LogP contribution is -2.07. The summed E-state index contributed by atoms with van der Waals surface area (Å²) in [4.78, 5) is 25.4. The maximum Gasteiger partial charge on any atom is 0.338 e. The number of carbonyl (C=O) groups is 2. The Balaban J connectivity index is 2.04. The molecule has 35 heavy (non-hydrogen) atoms. The second kappa shape index (κ2) is 20.5. The molecule has 1 rings (SSSR count). The summed E-state index contributed by atoms with van der Waals surface area (Å²) in [6.45, 7) is 0.348. The van der Waals surface area contributed by atoms with Gasteiger partial charge in [-0.25, -0.2) is 4.79 Å². The van der Waals surface area contributed by atoms with E-state index in [2.05, 4.69) is 75.1 Å². The van der Waals surface area contributed by atoms with Crippen LogP contribution in [0.2, 0.25) is 0 Å². The van der Waals surface area contributed by atoms with Gasteiger partial charge in [-0.3, -0.25) is 4.79 Å². The first kappa shape index (κ1) is 30.2. The molecule has 0 bridgehead atoms. The van der Waals surface area contributed by atoms with E-state index in [1.165, 1.54) is 0 Å². The molecule has 0 aliphatic carbocycles. The molecule has 1 aromatic carbocycles. The first-order chi connectivity index (χ1) is 17.0. The molecule has 0 saturated carbocycles. The predicted molar refractivity (Wildman–Crippen MR) is 149 cm³/mol. The zero-order valence-corrected chi connectivity index (χ0v) is 22.2. The zero-order chi connectivity index (χ0) is 25.6. The SMILES string of the molecule is [N-]=[N+]=Nc1ccc(I)cc1C(=O)OCCCCC/C=C/C/C=C/C/C=C/C/C=C/CCCC(=O)O.